The second kappa shape index (κ2) is 8.10. The fourth-order valence-electron chi connectivity index (χ4n) is 3.13. The Morgan fingerprint density at radius 3 is 2.59 bits per heavy atom. The number of nitrogens with one attached hydrogen (secondary N) is 1. The van der Waals surface area contributed by atoms with Gasteiger partial charge in [0, 0.05) is 24.1 Å². The molecule has 1 N–H and O–H groups in total. The highest BCUT2D eigenvalue weighted by Crippen LogP contribution is 2.22. The molecule has 0 aliphatic rings. The van der Waals surface area contributed by atoms with Crippen molar-refractivity contribution in [2.45, 2.75) is 26.7 Å². The Labute approximate surface area is 168 Å². The van der Waals surface area contributed by atoms with Crippen LogP contribution in [0.1, 0.15) is 23.7 Å². The number of carbonyl (C=O) groups excluding carboxylic acids is 1. The minimum Gasteiger partial charge on any atom is -0.339 e. The summed E-state index contributed by atoms with van der Waals surface area (Å²) in [6.45, 7) is 3.93. The number of aryl methyl sites for hydroxylation is 3. The first-order valence-corrected chi connectivity index (χ1v) is 9.40. The van der Waals surface area contributed by atoms with Crippen LogP contribution in [0.5, 0.6) is 0 Å². The molecule has 0 atom stereocenters. The predicted molar refractivity (Wildman–Crippen MR) is 110 cm³/mol. The lowest BCUT2D eigenvalue weighted by Gasteiger charge is -2.12. The number of rotatable bonds is 6. The summed E-state index contributed by atoms with van der Waals surface area (Å²) in [6, 6.07) is 19.2. The highest BCUT2D eigenvalue weighted by Gasteiger charge is 2.13. The van der Waals surface area contributed by atoms with Gasteiger partial charge in [0.1, 0.15) is 0 Å². The number of amides is 1. The predicted octanol–water partition coefficient (Wildman–Crippen LogP) is 4.11. The first-order chi connectivity index (χ1) is 14.1. The van der Waals surface area contributed by atoms with Crippen LogP contribution < -0.4 is 5.32 Å². The molecular weight excluding hydrogens is 366 g/mol. The molecule has 2 aromatic carbocycles. The molecule has 0 unspecified atom stereocenters. The average Bonchev–Trinajstić information content (AvgIpc) is 3.33. The fraction of sp³-hybridized carbons (Fsp3) is 0.182. The van der Waals surface area contributed by atoms with Crippen molar-refractivity contribution < 1.29 is 9.32 Å². The van der Waals surface area contributed by atoms with Gasteiger partial charge in [0.15, 0.2) is 0 Å². The van der Waals surface area contributed by atoms with Crippen LogP contribution in [0, 0.1) is 13.8 Å². The normalized spacial score (nSPS) is 10.8. The van der Waals surface area contributed by atoms with Gasteiger partial charge in [-0.3, -0.25) is 4.79 Å². The van der Waals surface area contributed by atoms with Gasteiger partial charge in [0.25, 0.3) is 0 Å². The van der Waals surface area contributed by atoms with Crippen molar-refractivity contribution in [3.8, 4) is 17.1 Å². The topological polar surface area (TPSA) is 85.8 Å². The first kappa shape index (κ1) is 18.6. The Kier molecular flexibility index (Phi) is 5.20. The highest BCUT2D eigenvalue weighted by molar-refractivity contribution is 5.92. The lowest BCUT2D eigenvalue weighted by Crippen LogP contribution is -2.15. The van der Waals surface area contributed by atoms with Crippen LogP contribution >= 0.6 is 0 Å². The van der Waals surface area contributed by atoms with Gasteiger partial charge in [-0.05, 0) is 32.0 Å². The summed E-state index contributed by atoms with van der Waals surface area (Å²) >= 11 is 0. The average molecular weight is 387 g/mol. The van der Waals surface area contributed by atoms with E-state index in [0.717, 1.165) is 22.6 Å². The molecule has 146 valence electrons. The molecule has 4 rings (SSSR count). The fourth-order valence-corrected chi connectivity index (χ4v) is 3.13. The number of hydrogen-bond donors (Lipinski definition) is 1. The van der Waals surface area contributed by atoms with E-state index in [1.807, 2.05) is 79.2 Å². The lowest BCUT2D eigenvalue weighted by atomic mass is 10.2. The number of anilines is 1. The second-order valence-electron chi connectivity index (χ2n) is 6.78. The van der Waals surface area contributed by atoms with E-state index >= 15 is 0 Å². The van der Waals surface area contributed by atoms with Crippen molar-refractivity contribution in [2.75, 3.05) is 5.32 Å². The van der Waals surface area contributed by atoms with Crippen molar-refractivity contribution >= 4 is 11.6 Å². The Balaban J connectivity index is 1.42. The summed E-state index contributed by atoms with van der Waals surface area (Å²) in [4.78, 5) is 16.9. The number of aromatic nitrogens is 4. The number of carbonyl (C=O) groups is 1. The quantitative estimate of drug-likeness (QED) is 0.538. The molecule has 29 heavy (non-hydrogen) atoms. The van der Waals surface area contributed by atoms with Crippen LogP contribution in [-0.2, 0) is 11.2 Å². The van der Waals surface area contributed by atoms with Crippen molar-refractivity contribution in [3.63, 3.8) is 0 Å². The van der Waals surface area contributed by atoms with Crippen molar-refractivity contribution in [1.29, 1.82) is 0 Å². The number of hydrogen-bond acceptors (Lipinski definition) is 5. The van der Waals surface area contributed by atoms with Gasteiger partial charge in [-0.2, -0.15) is 10.1 Å². The molecule has 2 aromatic heterocycles. The molecule has 2 heterocycles. The molecule has 0 saturated carbocycles. The lowest BCUT2D eigenvalue weighted by molar-refractivity contribution is -0.116. The number of para-hydroxylation sites is 2. The molecule has 0 bridgehead atoms. The van der Waals surface area contributed by atoms with Gasteiger partial charge in [0.2, 0.25) is 17.6 Å². The van der Waals surface area contributed by atoms with Crippen molar-refractivity contribution in [1.82, 2.24) is 19.9 Å². The smallest absolute Gasteiger partial charge is 0.227 e. The third-order valence-electron chi connectivity index (χ3n) is 4.48. The molecule has 7 heteroatoms. The van der Waals surface area contributed by atoms with E-state index in [9.17, 15) is 4.79 Å². The molecule has 1 amide bonds. The summed E-state index contributed by atoms with van der Waals surface area (Å²) in [5.41, 5.74) is 4.35. The van der Waals surface area contributed by atoms with Crippen LogP contribution in [0.15, 0.2) is 65.2 Å². The summed E-state index contributed by atoms with van der Waals surface area (Å²) in [7, 11) is 0. The summed E-state index contributed by atoms with van der Waals surface area (Å²) in [6.07, 6.45) is 0.607. The van der Waals surface area contributed by atoms with E-state index in [-0.39, 0.29) is 12.3 Å². The van der Waals surface area contributed by atoms with Crippen molar-refractivity contribution in [2.24, 2.45) is 0 Å². The van der Waals surface area contributed by atoms with E-state index in [1.165, 1.54) is 0 Å². The zero-order chi connectivity index (χ0) is 20.2. The molecule has 0 fully saturated rings. The molecule has 0 aliphatic carbocycles. The SMILES string of the molecule is Cc1cc(C)n(-c2ccccc2NC(=O)CCc2nc(-c3ccccc3)no2)n1. The largest absolute Gasteiger partial charge is 0.339 e. The van der Waals surface area contributed by atoms with Gasteiger partial charge < -0.3 is 9.84 Å². The Bertz CT molecular complexity index is 1130. The summed E-state index contributed by atoms with van der Waals surface area (Å²) in [5, 5.41) is 11.5. The third kappa shape index (κ3) is 4.24. The van der Waals surface area contributed by atoms with Crippen LogP contribution in [0.3, 0.4) is 0 Å². The molecular formula is C22H21N5O2. The molecule has 4 aromatic rings. The molecule has 7 nitrogen and oxygen atoms in total. The standard InChI is InChI=1S/C22H21N5O2/c1-15-14-16(2)27(25-15)19-11-7-6-10-18(19)23-20(28)12-13-21-24-22(26-29-21)17-8-4-3-5-9-17/h3-11,14H,12-13H2,1-2H3,(H,23,28). The van der Waals surface area contributed by atoms with E-state index in [2.05, 4.69) is 20.6 Å². The Hall–Kier alpha value is -3.74. The van der Waals surface area contributed by atoms with Gasteiger partial charge in [-0.15, -0.1) is 0 Å². The van der Waals surface area contributed by atoms with Gasteiger partial charge in [0.05, 0.1) is 17.1 Å². The second-order valence-corrected chi connectivity index (χ2v) is 6.78. The maximum Gasteiger partial charge on any atom is 0.227 e. The third-order valence-corrected chi connectivity index (χ3v) is 4.48. The van der Waals surface area contributed by atoms with Gasteiger partial charge in [-0.1, -0.05) is 47.6 Å². The monoisotopic (exact) mass is 387 g/mol. The minimum atomic E-state index is -0.126. The Morgan fingerprint density at radius 2 is 1.83 bits per heavy atom. The van der Waals surface area contributed by atoms with E-state index in [4.69, 9.17) is 4.52 Å². The minimum absolute atomic E-state index is 0.126. The summed E-state index contributed by atoms with van der Waals surface area (Å²) in [5.74, 6) is 0.833. The number of benzene rings is 2. The Morgan fingerprint density at radius 1 is 1.07 bits per heavy atom. The van der Waals surface area contributed by atoms with E-state index in [0.29, 0.717) is 23.8 Å². The van der Waals surface area contributed by atoms with E-state index in [1.54, 1.807) is 0 Å². The first-order valence-electron chi connectivity index (χ1n) is 9.40. The zero-order valence-electron chi connectivity index (χ0n) is 16.3. The van der Waals surface area contributed by atoms with Crippen LogP contribution in [0.25, 0.3) is 17.1 Å². The van der Waals surface area contributed by atoms with Crippen LogP contribution in [0.4, 0.5) is 5.69 Å². The van der Waals surface area contributed by atoms with E-state index < -0.39 is 0 Å². The van der Waals surface area contributed by atoms with Gasteiger partial charge >= 0.3 is 0 Å². The highest BCUT2D eigenvalue weighted by atomic mass is 16.5. The van der Waals surface area contributed by atoms with Crippen LogP contribution in [0.2, 0.25) is 0 Å². The molecule has 0 radical (unpaired) electrons. The zero-order valence-corrected chi connectivity index (χ0v) is 16.3. The molecule has 0 spiro atoms. The summed E-state index contributed by atoms with van der Waals surface area (Å²) < 4.78 is 7.10. The maximum atomic E-state index is 12.5. The molecule has 0 saturated heterocycles. The van der Waals surface area contributed by atoms with Crippen LogP contribution in [-0.4, -0.2) is 25.8 Å². The van der Waals surface area contributed by atoms with Gasteiger partial charge in [-0.25, -0.2) is 4.68 Å². The molecule has 0 aliphatic heterocycles. The van der Waals surface area contributed by atoms with Crippen molar-refractivity contribution in [3.05, 3.63) is 77.9 Å². The number of nitrogens with zero attached hydrogens (tertiary/aromatic N) is 4. The maximum absolute atomic E-state index is 12.5.